The molecule has 3 aromatic heterocycles. The molecule has 5 heterocycles. The molecule has 2 saturated heterocycles. The molecule has 1 amide bonds. The predicted molar refractivity (Wildman–Crippen MR) is 158 cm³/mol. The number of rotatable bonds is 8. The maximum absolute atomic E-state index is 12.5. The summed E-state index contributed by atoms with van der Waals surface area (Å²) in [6.07, 6.45) is 7.06. The van der Waals surface area contributed by atoms with E-state index in [2.05, 4.69) is 42.9 Å². The Morgan fingerprint density at radius 3 is 2.54 bits per heavy atom. The zero-order valence-electron chi connectivity index (χ0n) is 23.3. The molecule has 2 aliphatic rings. The smallest absolute Gasteiger partial charge is 0.321 e. The first-order valence-corrected chi connectivity index (χ1v) is 14.0. The Morgan fingerprint density at radius 2 is 1.80 bits per heavy atom. The van der Waals surface area contributed by atoms with Crippen LogP contribution in [-0.2, 0) is 11.3 Å². The number of carbonyl (C=O) groups excluding carboxylic acids is 1. The number of hydrogen-bond donors (Lipinski definition) is 1. The molecule has 41 heavy (non-hydrogen) atoms. The number of piperazine rings is 1. The Balaban J connectivity index is 1.41. The van der Waals surface area contributed by atoms with Crippen molar-refractivity contribution in [2.24, 2.45) is 0 Å². The van der Waals surface area contributed by atoms with Crippen LogP contribution in [0.5, 0.6) is 11.8 Å². The van der Waals surface area contributed by atoms with E-state index in [1.54, 1.807) is 18.5 Å². The monoisotopic (exact) mass is 553 g/mol. The van der Waals surface area contributed by atoms with Crippen LogP contribution in [0, 0.1) is 0 Å². The van der Waals surface area contributed by atoms with Gasteiger partial charge in [0.1, 0.15) is 23.5 Å². The number of likely N-dealkylation sites (N-methyl/N-ethyl adjacent to an activating group) is 1. The van der Waals surface area contributed by atoms with Crippen molar-refractivity contribution in [3.63, 3.8) is 0 Å². The fraction of sp³-hybridized carbons (Fsp3) is 0.367. The lowest BCUT2D eigenvalue weighted by atomic mass is 9.94. The highest BCUT2D eigenvalue weighted by atomic mass is 16.5. The van der Waals surface area contributed by atoms with Gasteiger partial charge in [0.05, 0.1) is 5.39 Å². The summed E-state index contributed by atoms with van der Waals surface area (Å²) in [5, 5.41) is 0.842. The number of hydrogen-bond acceptors (Lipinski definition) is 9. The summed E-state index contributed by atoms with van der Waals surface area (Å²) in [6, 6.07) is 9.90. The van der Waals surface area contributed by atoms with Crippen molar-refractivity contribution >= 4 is 22.8 Å². The van der Waals surface area contributed by atoms with Crippen LogP contribution in [0.15, 0.2) is 61.7 Å². The van der Waals surface area contributed by atoms with Crippen molar-refractivity contribution in [2.75, 3.05) is 58.6 Å². The molecule has 1 aromatic carbocycles. The molecule has 11 heteroatoms. The molecule has 2 aliphatic heterocycles. The van der Waals surface area contributed by atoms with E-state index < -0.39 is 0 Å². The Morgan fingerprint density at radius 1 is 1.05 bits per heavy atom. The van der Waals surface area contributed by atoms with E-state index in [-0.39, 0.29) is 17.8 Å². The molecule has 0 spiro atoms. The number of amides is 1. The van der Waals surface area contributed by atoms with E-state index in [1.807, 2.05) is 29.2 Å². The molecule has 1 unspecified atom stereocenters. The second-order valence-electron chi connectivity index (χ2n) is 10.6. The molecule has 0 aliphatic carbocycles. The number of fused-ring (bicyclic) bond motifs is 1. The molecule has 2 fully saturated rings. The predicted octanol–water partition coefficient (Wildman–Crippen LogP) is 3.01. The quantitative estimate of drug-likeness (QED) is 0.329. The Labute approximate surface area is 239 Å². The van der Waals surface area contributed by atoms with Crippen LogP contribution >= 0.6 is 0 Å². The fourth-order valence-electron chi connectivity index (χ4n) is 5.91. The maximum Gasteiger partial charge on any atom is 0.321 e. The van der Waals surface area contributed by atoms with Crippen molar-refractivity contribution in [3.05, 3.63) is 67.4 Å². The molecule has 2 N–H and O–H groups in total. The third-order valence-electron chi connectivity index (χ3n) is 8.10. The van der Waals surface area contributed by atoms with Gasteiger partial charge in [-0.2, -0.15) is 0 Å². The van der Waals surface area contributed by atoms with Gasteiger partial charge in [0, 0.05) is 81.9 Å². The molecule has 0 saturated carbocycles. The average molecular weight is 554 g/mol. The topological polar surface area (TPSA) is 119 Å². The molecule has 0 radical (unpaired) electrons. The molecular weight excluding hydrogens is 518 g/mol. The molecular formula is C30H35N9O2. The van der Waals surface area contributed by atoms with Crippen LogP contribution in [0.25, 0.3) is 22.2 Å². The minimum atomic E-state index is -0.0434. The molecule has 0 bridgehead atoms. The number of benzene rings is 1. The number of nitrogen functional groups attached to an aromatic ring is 1. The second-order valence-corrected chi connectivity index (χ2v) is 10.6. The van der Waals surface area contributed by atoms with E-state index in [9.17, 15) is 4.79 Å². The largest absolute Gasteiger partial charge is 0.424 e. The van der Waals surface area contributed by atoms with E-state index in [1.165, 1.54) is 12.4 Å². The zero-order chi connectivity index (χ0) is 28.3. The van der Waals surface area contributed by atoms with E-state index >= 15 is 0 Å². The highest BCUT2D eigenvalue weighted by Crippen LogP contribution is 2.43. The maximum atomic E-state index is 12.5. The van der Waals surface area contributed by atoms with Gasteiger partial charge in [-0.1, -0.05) is 18.7 Å². The standard InChI is InChI=1S/C30H35N9O2/c1-3-24(40)38-12-9-22(19-38)27-25(21-5-7-23(8-6-21)41-30-32-10-4-11-33-30)26-28(31)34-20-35-29(26)39(27)18-17-37-15-13-36(2)14-16-37/h3-8,10-11,20,22H,1,9,12-19H2,2H3,(H2,31,34,35). The summed E-state index contributed by atoms with van der Waals surface area (Å²) in [7, 11) is 2.17. The van der Waals surface area contributed by atoms with Gasteiger partial charge in [0.15, 0.2) is 0 Å². The van der Waals surface area contributed by atoms with Gasteiger partial charge < -0.3 is 24.8 Å². The van der Waals surface area contributed by atoms with Gasteiger partial charge in [0.25, 0.3) is 0 Å². The van der Waals surface area contributed by atoms with Crippen molar-refractivity contribution in [3.8, 4) is 22.9 Å². The van der Waals surface area contributed by atoms with Gasteiger partial charge in [-0.3, -0.25) is 9.69 Å². The van der Waals surface area contributed by atoms with Crippen LogP contribution in [0.1, 0.15) is 18.0 Å². The van der Waals surface area contributed by atoms with Gasteiger partial charge >= 0.3 is 6.01 Å². The number of ether oxygens (including phenoxy) is 1. The van der Waals surface area contributed by atoms with Crippen molar-refractivity contribution in [1.29, 1.82) is 0 Å². The summed E-state index contributed by atoms with van der Waals surface area (Å²) in [5.74, 6) is 1.15. The highest BCUT2D eigenvalue weighted by molar-refractivity contribution is 6.02. The normalized spacial score (nSPS) is 18.2. The number of anilines is 1. The average Bonchev–Trinajstić information content (AvgIpc) is 3.61. The number of aromatic nitrogens is 5. The number of likely N-dealkylation sites (tertiary alicyclic amines) is 1. The molecule has 4 aromatic rings. The van der Waals surface area contributed by atoms with Gasteiger partial charge in [-0.15, -0.1) is 0 Å². The number of carbonyl (C=O) groups is 1. The molecule has 6 rings (SSSR count). The van der Waals surface area contributed by atoms with E-state index in [4.69, 9.17) is 15.5 Å². The zero-order valence-corrected chi connectivity index (χ0v) is 23.3. The van der Waals surface area contributed by atoms with Gasteiger partial charge in [-0.25, -0.2) is 19.9 Å². The summed E-state index contributed by atoms with van der Waals surface area (Å²) in [4.78, 5) is 36.7. The van der Waals surface area contributed by atoms with Gasteiger partial charge in [0.2, 0.25) is 5.91 Å². The highest BCUT2D eigenvalue weighted by Gasteiger charge is 2.33. The summed E-state index contributed by atoms with van der Waals surface area (Å²) < 4.78 is 8.16. The van der Waals surface area contributed by atoms with Crippen LogP contribution < -0.4 is 10.5 Å². The molecule has 1 atom stereocenters. The summed E-state index contributed by atoms with van der Waals surface area (Å²) in [5.41, 5.74) is 10.5. The number of nitrogens with two attached hydrogens (primary N) is 1. The molecule has 212 valence electrons. The van der Waals surface area contributed by atoms with Crippen LogP contribution in [0.2, 0.25) is 0 Å². The first kappa shape index (κ1) is 26.9. The van der Waals surface area contributed by atoms with Crippen LogP contribution in [0.4, 0.5) is 5.82 Å². The minimum Gasteiger partial charge on any atom is -0.424 e. The first-order chi connectivity index (χ1) is 20.0. The van der Waals surface area contributed by atoms with Crippen molar-refractivity contribution < 1.29 is 9.53 Å². The SMILES string of the molecule is C=CC(=O)N1CCC(c2c(-c3ccc(Oc4ncccn4)cc3)c3c(N)ncnc3n2CCN2CCN(C)CC2)C1. The van der Waals surface area contributed by atoms with E-state index in [0.29, 0.717) is 24.7 Å². The Bertz CT molecular complexity index is 1530. The second kappa shape index (κ2) is 11.6. The van der Waals surface area contributed by atoms with E-state index in [0.717, 1.165) is 73.5 Å². The lowest BCUT2D eigenvalue weighted by Crippen LogP contribution is -2.45. The third kappa shape index (κ3) is 5.50. The summed E-state index contributed by atoms with van der Waals surface area (Å²) in [6.45, 7) is 10.8. The molecule has 11 nitrogen and oxygen atoms in total. The van der Waals surface area contributed by atoms with Crippen molar-refractivity contribution in [1.82, 2.24) is 39.2 Å². The third-order valence-corrected chi connectivity index (χ3v) is 8.10. The first-order valence-electron chi connectivity index (χ1n) is 14.0. The lowest BCUT2D eigenvalue weighted by molar-refractivity contribution is -0.125. The lowest BCUT2D eigenvalue weighted by Gasteiger charge is -2.32. The van der Waals surface area contributed by atoms with Crippen LogP contribution in [-0.4, -0.2) is 98.0 Å². The minimum absolute atomic E-state index is 0.0434. The summed E-state index contributed by atoms with van der Waals surface area (Å²) >= 11 is 0. The number of nitrogens with zero attached hydrogens (tertiary/aromatic N) is 8. The van der Waals surface area contributed by atoms with Crippen LogP contribution in [0.3, 0.4) is 0 Å². The Kier molecular flexibility index (Phi) is 7.62. The fourth-order valence-corrected chi connectivity index (χ4v) is 5.91. The van der Waals surface area contributed by atoms with Crippen molar-refractivity contribution in [2.45, 2.75) is 18.9 Å². The van der Waals surface area contributed by atoms with Gasteiger partial charge in [-0.05, 0) is 43.3 Å². The Hall–Kier alpha value is -4.35.